The molecule has 0 N–H and O–H groups in total. The predicted octanol–water partition coefficient (Wildman–Crippen LogP) is 1.39. The summed E-state index contributed by atoms with van der Waals surface area (Å²) in [6.45, 7) is 2.24. The maximum absolute atomic E-state index is 5.82. The molecular weight excluding hydrogens is 176 g/mol. The zero-order valence-electron chi connectivity index (χ0n) is 8.36. The Morgan fingerprint density at radius 1 is 1.43 bits per heavy atom. The molecule has 3 rings (SSSR count). The van der Waals surface area contributed by atoms with Gasteiger partial charge in [0.2, 0.25) is 5.88 Å². The van der Waals surface area contributed by atoms with E-state index in [0.717, 1.165) is 31.8 Å². The van der Waals surface area contributed by atoms with Crippen molar-refractivity contribution in [2.75, 3.05) is 20.1 Å². The van der Waals surface area contributed by atoms with Crippen molar-refractivity contribution in [2.24, 2.45) is 0 Å². The SMILES string of the molecule is CN1CCC2(CC1)Oc1ncccc12. The summed E-state index contributed by atoms with van der Waals surface area (Å²) in [4.78, 5) is 6.55. The Kier molecular flexibility index (Phi) is 1.59. The van der Waals surface area contributed by atoms with Crippen LogP contribution in [0.3, 0.4) is 0 Å². The van der Waals surface area contributed by atoms with Crippen LogP contribution in [-0.4, -0.2) is 30.0 Å². The highest BCUT2D eigenvalue weighted by molar-refractivity contribution is 5.40. The van der Waals surface area contributed by atoms with Crippen LogP contribution in [0, 0.1) is 0 Å². The molecule has 1 fully saturated rings. The Balaban J connectivity index is 1.89. The molecule has 3 heteroatoms. The van der Waals surface area contributed by atoms with Gasteiger partial charge in [-0.2, -0.15) is 0 Å². The van der Waals surface area contributed by atoms with Gasteiger partial charge in [-0.25, -0.2) is 4.98 Å². The maximum Gasteiger partial charge on any atom is 0.221 e. The van der Waals surface area contributed by atoms with Gasteiger partial charge in [0.25, 0.3) is 0 Å². The molecule has 1 spiro atoms. The van der Waals surface area contributed by atoms with Crippen molar-refractivity contribution in [2.45, 2.75) is 18.4 Å². The average molecular weight is 190 g/mol. The second-order valence-electron chi connectivity index (χ2n) is 4.26. The zero-order valence-corrected chi connectivity index (χ0v) is 8.36. The van der Waals surface area contributed by atoms with Crippen LogP contribution in [0.1, 0.15) is 18.4 Å². The number of hydrogen-bond acceptors (Lipinski definition) is 3. The van der Waals surface area contributed by atoms with E-state index in [0.29, 0.717) is 0 Å². The van der Waals surface area contributed by atoms with Crippen molar-refractivity contribution in [3.63, 3.8) is 0 Å². The lowest BCUT2D eigenvalue weighted by Gasteiger charge is -2.47. The molecule has 0 amide bonds. The number of piperidine rings is 1. The molecule has 0 aliphatic carbocycles. The Hall–Kier alpha value is -1.09. The highest BCUT2D eigenvalue weighted by atomic mass is 16.5. The third-order valence-corrected chi connectivity index (χ3v) is 3.35. The Morgan fingerprint density at radius 3 is 2.93 bits per heavy atom. The van der Waals surface area contributed by atoms with Gasteiger partial charge in [-0.3, -0.25) is 0 Å². The number of nitrogens with zero attached hydrogens (tertiary/aromatic N) is 2. The second-order valence-corrected chi connectivity index (χ2v) is 4.26. The smallest absolute Gasteiger partial charge is 0.221 e. The number of aromatic nitrogens is 1. The van der Waals surface area contributed by atoms with Crippen molar-refractivity contribution < 1.29 is 4.74 Å². The number of fused-ring (bicyclic) bond motifs is 2. The van der Waals surface area contributed by atoms with Crippen molar-refractivity contribution in [1.82, 2.24) is 9.88 Å². The van der Waals surface area contributed by atoms with Gasteiger partial charge in [0.15, 0.2) is 0 Å². The molecule has 0 radical (unpaired) electrons. The van der Waals surface area contributed by atoms with Gasteiger partial charge >= 0.3 is 0 Å². The van der Waals surface area contributed by atoms with Gasteiger partial charge in [-0.15, -0.1) is 0 Å². The number of rotatable bonds is 0. The van der Waals surface area contributed by atoms with Crippen molar-refractivity contribution >= 4 is 0 Å². The number of ether oxygens (including phenoxy) is 1. The fraction of sp³-hybridized carbons (Fsp3) is 0.545. The summed E-state index contributed by atoms with van der Waals surface area (Å²) < 4.78 is 5.82. The van der Waals surface area contributed by atoms with Crippen LogP contribution in [0.5, 0.6) is 5.88 Å². The molecule has 0 unspecified atom stereocenters. The summed E-state index contributed by atoms with van der Waals surface area (Å²) in [6, 6.07) is 4.15. The van der Waals surface area contributed by atoms with E-state index in [9.17, 15) is 0 Å². The first kappa shape index (κ1) is 8.24. The summed E-state index contributed by atoms with van der Waals surface area (Å²) >= 11 is 0. The fourth-order valence-corrected chi connectivity index (χ4v) is 2.36. The van der Waals surface area contributed by atoms with E-state index in [1.54, 1.807) is 6.20 Å². The largest absolute Gasteiger partial charge is 0.466 e. The van der Waals surface area contributed by atoms with Gasteiger partial charge < -0.3 is 9.64 Å². The summed E-state index contributed by atoms with van der Waals surface area (Å²) in [5.74, 6) is 0.844. The third-order valence-electron chi connectivity index (χ3n) is 3.35. The topological polar surface area (TPSA) is 25.4 Å². The minimum atomic E-state index is 0.0100. The van der Waals surface area contributed by atoms with Crippen molar-refractivity contribution in [3.05, 3.63) is 23.9 Å². The van der Waals surface area contributed by atoms with Crippen LogP contribution >= 0.6 is 0 Å². The lowest BCUT2D eigenvalue weighted by atomic mass is 9.81. The molecule has 1 aromatic heterocycles. The van der Waals surface area contributed by atoms with Crippen LogP contribution in [0.25, 0.3) is 0 Å². The third kappa shape index (κ3) is 0.989. The van der Waals surface area contributed by atoms with Crippen LogP contribution < -0.4 is 4.74 Å². The number of likely N-dealkylation sites (tertiary alicyclic amines) is 1. The highest BCUT2D eigenvalue weighted by Crippen LogP contribution is 2.48. The van der Waals surface area contributed by atoms with Crippen molar-refractivity contribution in [1.29, 1.82) is 0 Å². The second kappa shape index (κ2) is 2.70. The lowest BCUT2D eigenvalue weighted by Crippen LogP contribution is -2.50. The summed E-state index contributed by atoms with van der Waals surface area (Å²) in [5.41, 5.74) is 1.32. The van der Waals surface area contributed by atoms with E-state index >= 15 is 0 Å². The molecule has 3 nitrogen and oxygen atoms in total. The van der Waals surface area contributed by atoms with Gasteiger partial charge in [0.1, 0.15) is 5.60 Å². The van der Waals surface area contributed by atoms with Gasteiger partial charge in [0.05, 0.1) is 5.56 Å². The number of pyridine rings is 1. The molecule has 2 aliphatic rings. The average Bonchev–Trinajstić information content (AvgIpc) is 2.19. The first-order valence-electron chi connectivity index (χ1n) is 5.13. The van der Waals surface area contributed by atoms with Crippen LogP contribution in [-0.2, 0) is 5.60 Å². The molecule has 2 aliphatic heterocycles. The van der Waals surface area contributed by atoms with Crippen LogP contribution in [0.4, 0.5) is 0 Å². The molecule has 0 atom stereocenters. The standard InChI is InChI=1S/C11H14N2O/c1-13-7-4-11(5-8-13)9-3-2-6-12-10(9)14-11/h2-3,6H,4-5,7-8H2,1H3. The molecule has 1 saturated heterocycles. The molecule has 1 aromatic rings. The summed E-state index contributed by atoms with van der Waals surface area (Å²) in [6.07, 6.45) is 3.99. The van der Waals surface area contributed by atoms with Gasteiger partial charge in [-0.05, 0) is 19.2 Å². The molecule has 0 aromatic carbocycles. The monoisotopic (exact) mass is 190 g/mol. The highest BCUT2D eigenvalue weighted by Gasteiger charge is 2.47. The predicted molar refractivity (Wildman–Crippen MR) is 53.3 cm³/mol. The Bertz CT molecular complexity index is 356. The molecule has 3 heterocycles. The van der Waals surface area contributed by atoms with E-state index < -0.39 is 0 Å². The number of hydrogen-bond donors (Lipinski definition) is 0. The first-order chi connectivity index (χ1) is 6.80. The molecule has 74 valence electrons. The van der Waals surface area contributed by atoms with E-state index in [-0.39, 0.29) is 5.60 Å². The molecular formula is C11H14N2O. The van der Waals surface area contributed by atoms with Crippen LogP contribution in [0.15, 0.2) is 18.3 Å². The fourth-order valence-electron chi connectivity index (χ4n) is 2.36. The molecule has 0 saturated carbocycles. The molecule has 14 heavy (non-hydrogen) atoms. The summed E-state index contributed by atoms with van der Waals surface area (Å²) in [5, 5.41) is 0. The van der Waals surface area contributed by atoms with Gasteiger partial charge in [-0.1, -0.05) is 0 Å². The molecule has 0 bridgehead atoms. The minimum Gasteiger partial charge on any atom is -0.466 e. The van der Waals surface area contributed by atoms with E-state index in [1.165, 1.54) is 5.56 Å². The van der Waals surface area contributed by atoms with E-state index in [1.807, 2.05) is 6.07 Å². The van der Waals surface area contributed by atoms with Crippen LogP contribution in [0.2, 0.25) is 0 Å². The maximum atomic E-state index is 5.82. The minimum absolute atomic E-state index is 0.0100. The summed E-state index contributed by atoms with van der Waals surface area (Å²) in [7, 11) is 2.16. The first-order valence-corrected chi connectivity index (χ1v) is 5.13. The normalized spacial score (nSPS) is 23.8. The Labute approximate surface area is 83.7 Å². The van der Waals surface area contributed by atoms with E-state index in [4.69, 9.17) is 4.74 Å². The zero-order chi connectivity index (χ0) is 9.60. The van der Waals surface area contributed by atoms with Gasteiger partial charge in [0, 0.05) is 32.1 Å². The quantitative estimate of drug-likeness (QED) is 0.618. The lowest BCUT2D eigenvalue weighted by molar-refractivity contribution is -0.0435. The van der Waals surface area contributed by atoms with Crippen molar-refractivity contribution in [3.8, 4) is 5.88 Å². The Morgan fingerprint density at radius 2 is 2.21 bits per heavy atom. The van der Waals surface area contributed by atoms with E-state index in [2.05, 4.69) is 23.0 Å².